The van der Waals surface area contributed by atoms with E-state index in [9.17, 15) is 0 Å². The number of rotatable bonds is 3. The Kier molecular flexibility index (Phi) is 3.13. The molecule has 2 rings (SSSR count). The number of anilines is 1. The fourth-order valence-electron chi connectivity index (χ4n) is 1.59. The molecule has 0 bridgehead atoms. The largest absolute Gasteiger partial charge is 0.398 e. The van der Waals surface area contributed by atoms with E-state index in [1.165, 1.54) is 0 Å². The van der Waals surface area contributed by atoms with Gasteiger partial charge in [0.25, 0.3) is 5.89 Å². The number of nitrogen functional groups attached to an aromatic ring is 1. The van der Waals surface area contributed by atoms with Crippen molar-refractivity contribution in [3.8, 4) is 11.5 Å². The molecule has 90 valence electrons. The van der Waals surface area contributed by atoms with E-state index < -0.39 is 0 Å². The molecule has 1 aromatic heterocycles. The Morgan fingerprint density at radius 2 is 2.12 bits per heavy atom. The first-order chi connectivity index (χ1) is 8.06. The summed E-state index contributed by atoms with van der Waals surface area (Å²) in [5.74, 6) is 1.80. The van der Waals surface area contributed by atoms with Crippen LogP contribution >= 0.6 is 0 Å². The molecule has 0 atom stereocenters. The topological polar surface area (TPSA) is 64.9 Å². The summed E-state index contributed by atoms with van der Waals surface area (Å²) in [7, 11) is 0. The molecule has 1 heterocycles. The van der Waals surface area contributed by atoms with Gasteiger partial charge in [0.05, 0.1) is 0 Å². The fraction of sp³-hybridized carbons (Fsp3) is 0.385. The highest BCUT2D eigenvalue weighted by Crippen LogP contribution is 2.22. The second-order valence-electron chi connectivity index (χ2n) is 4.69. The summed E-state index contributed by atoms with van der Waals surface area (Å²) in [5, 5.41) is 3.96. The summed E-state index contributed by atoms with van der Waals surface area (Å²) >= 11 is 0. The van der Waals surface area contributed by atoms with Crippen molar-refractivity contribution < 1.29 is 4.52 Å². The second kappa shape index (κ2) is 4.57. The zero-order valence-corrected chi connectivity index (χ0v) is 10.4. The van der Waals surface area contributed by atoms with Crippen LogP contribution < -0.4 is 5.73 Å². The number of hydrogen-bond donors (Lipinski definition) is 1. The van der Waals surface area contributed by atoms with E-state index in [-0.39, 0.29) is 0 Å². The highest BCUT2D eigenvalue weighted by Gasteiger charge is 2.10. The van der Waals surface area contributed by atoms with Crippen LogP contribution in [0.1, 0.15) is 25.2 Å². The van der Waals surface area contributed by atoms with Gasteiger partial charge in [-0.25, -0.2) is 0 Å². The lowest BCUT2D eigenvalue weighted by molar-refractivity contribution is 0.418. The summed E-state index contributed by atoms with van der Waals surface area (Å²) in [5.41, 5.74) is 8.52. The Hall–Kier alpha value is -1.84. The Labute approximate surface area is 101 Å². The van der Waals surface area contributed by atoms with Gasteiger partial charge < -0.3 is 10.3 Å². The van der Waals surface area contributed by atoms with Gasteiger partial charge in [0, 0.05) is 17.7 Å². The van der Waals surface area contributed by atoms with E-state index >= 15 is 0 Å². The van der Waals surface area contributed by atoms with Crippen molar-refractivity contribution in [2.75, 3.05) is 5.73 Å². The minimum absolute atomic E-state index is 0.517. The van der Waals surface area contributed by atoms with Crippen LogP contribution in [0.4, 0.5) is 5.69 Å². The molecule has 1 aromatic carbocycles. The van der Waals surface area contributed by atoms with Crippen LogP contribution in [0, 0.1) is 12.8 Å². The maximum Gasteiger partial charge on any atom is 0.257 e. The summed E-state index contributed by atoms with van der Waals surface area (Å²) < 4.78 is 5.23. The SMILES string of the molecule is Cc1ccc(-c2nc(CC(C)C)no2)cc1N. The molecule has 0 saturated heterocycles. The minimum atomic E-state index is 0.517. The molecule has 17 heavy (non-hydrogen) atoms. The first kappa shape index (κ1) is 11.6. The van der Waals surface area contributed by atoms with Gasteiger partial charge in [0.1, 0.15) is 0 Å². The van der Waals surface area contributed by atoms with Gasteiger partial charge in [0.15, 0.2) is 5.82 Å². The summed E-state index contributed by atoms with van der Waals surface area (Å²) in [6, 6.07) is 5.76. The number of nitrogens with two attached hydrogens (primary N) is 1. The molecule has 0 unspecified atom stereocenters. The Balaban J connectivity index is 2.27. The van der Waals surface area contributed by atoms with E-state index in [4.69, 9.17) is 10.3 Å². The van der Waals surface area contributed by atoms with Crippen molar-refractivity contribution in [1.29, 1.82) is 0 Å². The molecule has 0 saturated carbocycles. The third-order valence-electron chi connectivity index (χ3n) is 2.59. The van der Waals surface area contributed by atoms with Crippen LogP contribution in [0.2, 0.25) is 0 Å². The van der Waals surface area contributed by atoms with Gasteiger partial charge in [-0.2, -0.15) is 4.98 Å². The average Bonchev–Trinajstić information content (AvgIpc) is 2.69. The monoisotopic (exact) mass is 231 g/mol. The second-order valence-corrected chi connectivity index (χ2v) is 4.69. The Morgan fingerprint density at radius 3 is 2.76 bits per heavy atom. The van der Waals surface area contributed by atoms with Gasteiger partial charge in [-0.3, -0.25) is 0 Å². The molecule has 0 aliphatic heterocycles. The van der Waals surface area contributed by atoms with E-state index in [1.807, 2.05) is 25.1 Å². The van der Waals surface area contributed by atoms with Crippen molar-refractivity contribution in [2.45, 2.75) is 27.2 Å². The molecule has 0 aliphatic rings. The third kappa shape index (κ3) is 2.64. The predicted molar refractivity (Wildman–Crippen MR) is 67.4 cm³/mol. The molecular weight excluding hydrogens is 214 g/mol. The number of benzene rings is 1. The summed E-state index contributed by atoms with van der Waals surface area (Å²) in [6.07, 6.45) is 0.824. The molecule has 2 aromatic rings. The van der Waals surface area contributed by atoms with Crippen molar-refractivity contribution >= 4 is 5.69 Å². The summed E-state index contributed by atoms with van der Waals surface area (Å²) in [4.78, 5) is 4.36. The van der Waals surface area contributed by atoms with Crippen molar-refractivity contribution in [3.63, 3.8) is 0 Å². The molecule has 0 spiro atoms. The smallest absolute Gasteiger partial charge is 0.257 e. The fourth-order valence-corrected chi connectivity index (χ4v) is 1.59. The van der Waals surface area contributed by atoms with Crippen LogP contribution in [-0.2, 0) is 6.42 Å². The first-order valence-electron chi connectivity index (χ1n) is 5.75. The zero-order chi connectivity index (χ0) is 12.4. The summed E-state index contributed by atoms with van der Waals surface area (Å²) in [6.45, 7) is 6.22. The van der Waals surface area contributed by atoms with E-state index in [0.29, 0.717) is 11.8 Å². The number of nitrogens with zero attached hydrogens (tertiary/aromatic N) is 2. The van der Waals surface area contributed by atoms with Gasteiger partial charge in [-0.05, 0) is 30.5 Å². The maximum atomic E-state index is 5.86. The maximum absolute atomic E-state index is 5.86. The van der Waals surface area contributed by atoms with Crippen LogP contribution in [0.15, 0.2) is 22.7 Å². The molecule has 0 radical (unpaired) electrons. The standard InChI is InChI=1S/C13H17N3O/c1-8(2)6-12-15-13(17-16-12)10-5-4-9(3)11(14)7-10/h4-5,7-8H,6,14H2,1-3H3. The lowest BCUT2D eigenvalue weighted by Gasteiger charge is -2.00. The molecule has 2 N–H and O–H groups in total. The van der Waals surface area contributed by atoms with Crippen molar-refractivity contribution in [1.82, 2.24) is 10.1 Å². The minimum Gasteiger partial charge on any atom is -0.398 e. The predicted octanol–water partition coefficient (Wildman–Crippen LogP) is 2.83. The van der Waals surface area contributed by atoms with Crippen molar-refractivity contribution in [2.24, 2.45) is 5.92 Å². The van der Waals surface area contributed by atoms with Crippen LogP contribution in [0.3, 0.4) is 0 Å². The molecule has 0 fully saturated rings. The lowest BCUT2D eigenvalue weighted by atomic mass is 10.1. The number of aryl methyl sites for hydroxylation is 1. The number of hydrogen-bond acceptors (Lipinski definition) is 4. The van der Waals surface area contributed by atoms with Crippen LogP contribution in [0.5, 0.6) is 0 Å². The molecule has 0 amide bonds. The molecule has 4 nitrogen and oxygen atoms in total. The number of aromatic nitrogens is 2. The van der Waals surface area contributed by atoms with Crippen LogP contribution in [0.25, 0.3) is 11.5 Å². The van der Waals surface area contributed by atoms with Gasteiger partial charge in [-0.15, -0.1) is 0 Å². The average molecular weight is 231 g/mol. The normalized spacial score (nSPS) is 11.1. The highest BCUT2D eigenvalue weighted by atomic mass is 16.5. The zero-order valence-electron chi connectivity index (χ0n) is 10.4. The van der Waals surface area contributed by atoms with E-state index in [2.05, 4.69) is 24.0 Å². The molecule has 4 heteroatoms. The van der Waals surface area contributed by atoms with Gasteiger partial charge in [-0.1, -0.05) is 25.1 Å². The lowest BCUT2D eigenvalue weighted by Crippen LogP contribution is -1.96. The molecular formula is C13H17N3O. The van der Waals surface area contributed by atoms with Gasteiger partial charge in [0.2, 0.25) is 0 Å². The highest BCUT2D eigenvalue weighted by molar-refractivity contribution is 5.62. The van der Waals surface area contributed by atoms with E-state index in [1.54, 1.807) is 0 Å². The third-order valence-corrected chi connectivity index (χ3v) is 2.59. The quantitative estimate of drug-likeness (QED) is 0.825. The molecule has 0 aliphatic carbocycles. The van der Waals surface area contributed by atoms with Crippen molar-refractivity contribution in [3.05, 3.63) is 29.6 Å². The van der Waals surface area contributed by atoms with Gasteiger partial charge >= 0.3 is 0 Å². The van der Waals surface area contributed by atoms with E-state index in [0.717, 1.165) is 29.1 Å². The Morgan fingerprint density at radius 1 is 1.35 bits per heavy atom. The van der Waals surface area contributed by atoms with Crippen LogP contribution in [-0.4, -0.2) is 10.1 Å². The first-order valence-corrected chi connectivity index (χ1v) is 5.75. The Bertz CT molecular complexity index is 517.